The van der Waals surface area contributed by atoms with Crippen molar-refractivity contribution in [1.29, 1.82) is 0 Å². The molecule has 8 nitrogen and oxygen atoms in total. The number of carbonyl (C=O) groups is 3. The van der Waals surface area contributed by atoms with E-state index >= 15 is 0 Å². The molecule has 11 heteroatoms. The molecule has 0 saturated heterocycles. The Bertz CT molecular complexity index is 1390. The largest absolute Gasteiger partial charge is 0.507 e. The molecule has 3 aromatic rings. The number of hydrogen-bond acceptors (Lipinski definition) is 5. The molecule has 3 amide bonds. The van der Waals surface area contributed by atoms with Gasteiger partial charge in [0.15, 0.2) is 0 Å². The summed E-state index contributed by atoms with van der Waals surface area (Å²) in [4.78, 5) is 43.1. The Balaban J connectivity index is 1.53. The molecule has 0 fully saturated rings. The molecule has 0 spiro atoms. The molecule has 4 rings (SSSR count). The highest BCUT2D eigenvalue weighted by molar-refractivity contribution is 5.96. The molecule has 2 aromatic carbocycles. The third-order valence-electron chi connectivity index (χ3n) is 6.54. The Morgan fingerprint density at radius 2 is 1.68 bits per heavy atom. The summed E-state index contributed by atoms with van der Waals surface area (Å²) in [6.07, 6.45) is -2.48. The zero-order chi connectivity index (χ0) is 28.7. The number of alkyl halides is 3. The summed E-state index contributed by atoms with van der Waals surface area (Å²) < 4.78 is 39.4. The van der Waals surface area contributed by atoms with Gasteiger partial charge in [-0.05, 0) is 66.8 Å². The van der Waals surface area contributed by atoms with Crippen molar-refractivity contribution in [3.05, 3.63) is 83.2 Å². The number of aromatic nitrogens is 1. The molecule has 0 atom stereocenters. The van der Waals surface area contributed by atoms with Crippen molar-refractivity contribution >= 4 is 17.7 Å². The SMILES string of the molecule is O=C1CCCN(C(=O)c2ccnc(C(F)(F)F)c2)CCCNC(=O)c2cccc(c2)-c2cc(ccc2O)CCN1. The van der Waals surface area contributed by atoms with E-state index in [-0.39, 0.29) is 49.2 Å². The van der Waals surface area contributed by atoms with Gasteiger partial charge in [-0.1, -0.05) is 18.2 Å². The summed E-state index contributed by atoms with van der Waals surface area (Å²) in [5.41, 5.74) is 1.17. The van der Waals surface area contributed by atoms with E-state index in [4.69, 9.17) is 0 Å². The summed E-state index contributed by atoms with van der Waals surface area (Å²) in [5, 5.41) is 16.1. The number of amides is 3. The maximum Gasteiger partial charge on any atom is 0.433 e. The topological polar surface area (TPSA) is 112 Å². The highest BCUT2D eigenvalue weighted by Gasteiger charge is 2.33. The molecule has 1 aliphatic rings. The molecule has 0 radical (unpaired) electrons. The lowest BCUT2D eigenvalue weighted by Crippen LogP contribution is -2.36. The van der Waals surface area contributed by atoms with Crippen molar-refractivity contribution in [2.75, 3.05) is 26.2 Å². The first kappa shape index (κ1) is 28.6. The second-order valence-electron chi connectivity index (χ2n) is 9.46. The first-order chi connectivity index (χ1) is 19.1. The number of benzene rings is 2. The first-order valence-electron chi connectivity index (χ1n) is 12.9. The lowest BCUT2D eigenvalue weighted by Gasteiger charge is -2.23. The fraction of sp³-hybridized carbons (Fsp3) is 0.310. The van der Waals surface area contributed by atoms with Crippen LogP contribution in [-0.4, -0.2) is 58.9 Å². The second kappa shape index (κ2) is 12.6. The summed E-state index contributed by atoms with van der Waals surface area (Å²) in [6, 6.07) is 13.9. The van der Waals surface area contributed by atoms with Crippen LogP contribution in [0.1, 0.15) is 51.2 Å². The number of phenolic OH excluding ortho intramolecular Hbond substituents is 1. The van der Waals surface area contributed by atoms with Gasteiger partial charge in [-0.25, -0.2) is 0 Å². The molecule has 3 N–H and O–H groups in total. The number of nitrogens with one attached hydrogen (secondary N) is 2. The van der Waals surface area contributed by atoms with E-state index in [0.29, 0.717) is 48.6 Å². The summed E-state index contributed by atoms with van der Waals surface area (Å²) >= 11 is 0. The number of aromatic hydroxyl groups is 1. The molecular weight excluding hydrogens is 525 g/mol. The van der Waals surface area contributed by atoms with Crippen molar-refractivity contribution in [3.8, 4) is 16.9 Å². The lowest BCUT2D eigenvalue weighted by atomic mass is 9.98. The molecular formula is C29H29F3N4O4. The Morgan fingerprint density at radius 3 is 2.48 bits per heavy atom. The van der Waals surface area contributed by atoms with Gasteiger partial charge < -0.3 is 20.6 Å². The zero-order valence-corrected chi connectivity index (χ0v) is 21.6. The number of phenols is 1. The zero-order valence-electron chi connectivity index (χ0n) is 21.6. The van der Waals surface area contributed by atoms with E-state index in [1.165, 1.54) is 11.0 Å². The van der Waals surface area contributed by atoms with Crippen LogP contribution in [0.15, 0.2) is 60.8 Å². The van der Waals surface area contributed by atoms with Crippen molar-refractivity contribution in [2.45, 2.75) is 31.9 Å². The van der Waals surface area contributed by atoms with Gasteiger partial charge in [-0.2, -0.15) is 13.2 Å². The fourth-order valence-corrected chi connectivity index (χ4v) is 4.45. The monoisotopic (exact) mass is 554 g/mol. The molecule has 0 saturated carbocycles. The van der Waals surface area contributed by atoms with Gasteiger partial charge in [-0.15, -0.1) is 0 Å². The van der Waals surface area contributed by atoms with Crippen molar-refractivity contribution in [3.63, 3.8) is 0 Å². The third-order valence-corrected chi connectivity index (χ3v) is 6.54. The summed E-state index contributed by atoms with van der Waals surface area (Å²) in [7, 11) is 0. The lowest BCUT2D eigenvalue weighted by molar-refractivity contribution is -0.141. The third kappa shape index (κ3) is 7.37. The maximum absolute atomic E-state index is 13.1. The predicted octanol–water partition coefficient (Wildman–Crippen LogP) is 4.19. The van der Waals surface area contributed by atoms with Crippen LogP contribution in [0.4, 0.5) is 13.2 Å². The number of carbonyl (C=O) groups excluding carboxylic acids is 3. The molecule has 1 aliphatic heterocycles. The first-order valence-corrected chi connectivity index (χ1v) is 12.9. The molecule has 0 aliphatic carbocycles. The molecule has 40 heavy (non-hydrogen) atoms. The van der Waals surface area contributed by atoms with Crippen LogP contribution in [0.5, 0.6) is 5.75 Å². The standard InChI is InChI=1S/C29H29F3N4O4/c30-29(31,32)25-18-22(10-13-33-25)28(40)36-14-2-6-26(38)34-12-9-19-7-8-24(37)23(16-19)20-4-1-5-21(17-20)27(39)35-11-3-15-36/h1,4-5,7-8,10,13,16-18,37H,2-3,6,9,11-12,14-15H2,(H,34,38)(H,35,39). The van der Waals surface area contributed by atoms with Crippen molar-refractivity contribution in [2.24, 2.45) is 0 Å². The van der Waals surface area contributed by atoms with Crippen LogP contribution in [0.3, 0.4) is 0 Å². The number of hydrogen-bond donors (Lipinski definition) is 3. The predicted molar refractivity (Wildman–Crippen MR) is 142 cm³/mol. The fourth-order valence-electron chi connectivity index (χ4n) is 4.45. The van der Waals surface area contributed by atoms with Crippen LogP contribution in [0.2, 0.25) is 0 Å². The summed E-state index contributed by atoms with van der Waals surface area (Å²) in [5.74, 6) is -1.10. The minimum atomic E-state index is -4.69. The summed E-state index contributed by atoms with van der Waals surface area (Å²) in [6.45, 7) is 0.862. The average molecular weight is 555 g/mol. The normalized spacial score (nSPS) is 15.7. The number of nitrogens with zero attached hydrogens (tertiary/aromatic N) is 2. The van der Waals surface area contributed by atoms with Gasteiger partial charge in [0.05, 0.1) is 0 Å². The highest BCUT2D eigenvalue weighted by atomic mass is 19.4. The molecule has 0 unspecified atom stereocenters. The van der Waals surface area contributed by atoms with E-state index < -0.39 is 17.8 Å². The minimum absolute atomic E-state index is 0.0672. The van der Waals surface area contributed by atoms with Gasteiger partial charge in [-0.3, -0.25) is 19.4 Å². The van der Waals surface area contributed by atoms with E-state index in [1.807, 2.05) is 6.07 Å². The van der Waals surface area contributed by atoms with E-state index in [1.54, 1.807) is 36.4 Å². The van der Waals surface area contributed by atoms with Gasteiger partial charge in [0.1, 0.15) is 11.4 Å². The Labute approximate surface area is 229 Å². The van der Waals surface area contributed by atoms with Gasteiger partial charge >= 0.3 is 6.18 Å². The van der Waals surface area contributed by atoms with Gasteiger partial charge in [0.25, 0.3) is 11.8 Å². The van der Waals surface area contributed by atoms with E-state index in [2.05, 4.69) is 15.6 Å². The molecule has 210 valence electrons. The van der Waals surface area contributed by atoms with Crippen molar-refractivity contribution in [1.82, 2.24) is 20.5 Å². The smallest absolute Gasteiger partial charge is 0.433 e. The van der Waals surface area contributed by atoms with Crippen molar-refractivity contribution < 1.29 is 32.7 Å². The Hall–Kier alpha value is -4.41. The van der Waals surface area contributed by atoms with Gasteiger partial charge in [0.2, 0.25) is 5.91 Å². The average Bonchev–Trinajstić information content (AvgIpc) is 2.94. The molecule has 4 bridgehead atoms. The highest BCUT2D eigenvalue weighted by Crippen LogP contribution is 2.31. The second-order valence-corrected chi connectivity index (χ2v) is 9.46. The van der Waals surface area contributed by atoms with Crippen LogP contribution < -0.4 is 10.6 Å². The number of halogens is 3. The Kier molecular flexibility index (Phi) is 9.03. The number of pyridine rings is 1. The Morgan fingerprint density at radius 1 is 0.900 bits per heavy atom. The minimum Gasteiger partial charge on any atom is -0.507 e. The molecule has 1 aromatic heterocycles. The van der Waals surface area contributed by atoms with Crippen LogP contribution >= 0.6 is 0 Å². The van der Waals surface area contributed by atoms with E-state index in [0.717, 1.165) is 11.8 Å². The van der Waals surface area contributed by atoms with E-state index in [9.17, 15) is 32.7 Å². The van der Waals surface area contributed by atoms with Crippen LogP contribution in [0, 0.1) is 0 Å². The van der Waals surface area contributed by atoms with Gasteiger partial charge in [0, 0.05) is 55.5 Å². The quantitative estimate of drug-likeness (QED) is 0.418. The molecule has 2 heterocycles. The number of fused-ring (bicyclic) bond motifs is 5. The number of rotatable bonds is 1. The van der Waals surface area contributed by atoms with Crippen LogP contribution in [0.25, 0.3) is 11.1 Å². The maximum atomic E-state index is 13.1. The van der Waals surface area contributed by atoms with Crippen LogP contribution in [-0.2, 0) is 17.4 Å².